The van der Waals surface area contributed by atoms with E-state index in [1.54, 1.807) is 11.3 Å². The summed E-state index contributed by atoms with van der Waals surface area (Å²) in [6.45, 7) is 8.92. The molecule has 1 atom stereocenters. The van der Waals surface area contributed by atoms with Gasteiger partial charge in [0.2, 0.25) is 0 Å². The van der Waals surface area contributed by atoms with E-state index in [2.05, 4.69) is 31.3 Å². The van der Waals surface area contributed by atoms with Crippen LogP contribution in [-0.4, -0.2) is 57.5 Å². The van der Waals surface area contributed by atoms with Gasteiger partial charge in [-0.25, -0.2) is 4.98 Å². The highest BCUT2D eigenvalue weighted by atomic mass is 32.1. The Morgan fingerprint density at radius 3 is 2.81 bits per heavy atom. The van der Waals surface area contributed by atoms with Crippen LogP contribution in [0.5, 0.6) is 0 Å². The Labute approximate surface area is 164 Å². The van der Waals surface area contributed by atoms with Crippen molar-refractivity contribution in [3.8, 4) is 0 Å². The topological polar surface area (TPSA) is 50.6 Å². The molecule has 7 heteroatoms. The minimum Gasteiger partial charge on any atom is -0.352 e. The molecule has 1 spiro atoms. The van der Waals surface area contributed by atoms with Gasteiger partial charge < -0.3 is 14.2 Å². The zero-order valence-electron chi connectivity index (χ0n) is 16.1. The second kappa shape index (κ2) is 7.73. The smallest absolute Gasteiger partial charge is 0.253 e. The predicted molar refractivity (Wildman–Crippen MR) is 106 cm³/mol. The first-order valence-corrected chi connectivity index (χ1v) is 10.8. The Kier molecular flexibility index (Phi) is 5.34. The van der Waals surface area contributed by atoms with Gasteiger partial charge >= 0.3 is 0 Å². The second-order valence-corrected chi connectivity index (χ2v) is 8.20. The highest BCUT2D eigenvalue weighted by molar-refractivity contribution is 7.07. The van der Waals surface area contributed by atoms with Crippen LogP contribution in [0.15, 0.2) is 29.2 Å². The van der Waals surface area contributed by atoms with Crippen LogP contribution >= 0.6 is 11.3 Å². The van der Waals surface area contributed by atoms with Crippen molar-refractivity contribution in [2.24, 2.45) is 0 Å². The average molecular weight is 389 g/mol. The Morgan fingerprint density at radius 2 is 2.15 bits per heavy atom. The molecule has 4 heterocycles. The third-order valence-corrected chi connectivity index (χ3v) is 6.59. The predicted octanol–water partition coefficient (Wildman–Crippen LogP) is 2.70. The van der Waals surface area contributed by atoms with Crippen molar-refractivity contribution in [1.29, 1.82) is 0 Å². The van der Waals surface area contributed by atoms with Gasteiger partial charge in [-0.15, -0.1) is 0 Å². The van der Waals surface area contributed by atoms with Crippen LogP contribution in [0.25, 0.3) is 0 Å². The van der Waals surface area contributed by atoms with Crippen LogP contribution in [0.3, 0.4) is 0 Å². The summed E-state index contributed by atoms with van der Waals surface area (Å²) in [4.78, 5) is 21.9. The number of rotatable bonds is 5. The van der Waals surface area contributed by atoms with Crippen LogP contribution in [0.1, 0.15) is 38.1 Å². The summed E-state index contributed by atoms with van der Waals surface area (Å²) >= 11 is 1.75. The van der Waals surface area contributed by atoms with E-state index in [4.69, 9.17) is 4.74 Å². The third-order valence-electron chi connectivity index (χ3n) is 5.85. The first kappa shape index (κ1) is 18.7. The SMILES string of the molecule is CCN(CC)C(=O)C1Cn2ccnc2C2(CCN(Cc3ccsc3)CC2)O1. The molecule has 0 bridgehead atoms. The molecular formula is C20H28N4O2S. The fourth-order valence-corrected chi connectivity index (χ4v) is 4.98. The van der Waals surface area contributed by atoms with E-state index in [9.17, 15) is 4.79 Å². The molecule has 0 radical (unpaired) electrons. The lowest BCUT2D eigenvalue weighted by molar-refractivity contribution is -0.181. The summed E-state index contributed by atoms with van der Waals surface area (Å²) in [7, 11) is 0. The molecule has 1 fully saturated rings. The molecule has 6 nitrogen and oxygen atoms in total. The van der Waals surface area contributed by atoms with Crippen molar-refractivity contribution >= 4 is 17.2 Å². The summed E-state index contributed by atoms with van der Waals surface area (Å²) in [6, 6.07) is 2.19. The van der Waals surface area contributed by atoms with E-state index in [0.29, 0.717) is 19.6 Å². The van der Waals surface area contributed by atoms with E-state index in [0.717, 1.165) is 38.3 Å². The minimum absolute atomic E-state index is 0.0967. The highest BCUT2D eigenvalue weighted by Gasteiger charge is 2.47. The fraction of sp³-hybridized carbons (Fsp3) is 0.600. The van der Waals surface area contributed by atoms with E-state index in [1.165, 1.54) is 5.56 Å². The first-order chi connectivity index (χ1) is 13.1. The number of imidazole rings is 1. The number of likely N-dealkylation sites (N-methyl/N-ethyl adjacent to an activating group) is 1. The maximum atomic E-state index is 13.0. The molecule has 27 heavy (non-hydrogen) atoms. The summed E-state index contributed by atoms with van der Waals surface area (Å²) in [5, 5.41) is 4.35. The number of likely N-dealkylation sites (tertiary alicyclic amines) is 1. The third kappa shape index (κ3) is 3.56. The molecule has 146 valence electrons. The van der Waals surface area contributed by atoms with Crippen molar-refractivity contribution in [3.63, 3.8) is 0 Å². The Balaban J connectivity index is 1.51. The van der Waals surface area contributed by atoms with Gasteiger partial charge in [0.25, 0.3) is 5.91 Å². The van der Waals surface area contributed by atoms with Gasteiger partial charge in [-0.3, -0.25) is 9.69 Å². The van der Waals surface area contributed by atoms with Crippen molar-refractivity contribution in [2.45, 2.75) is 51.5 Å². The van der Waals surface area contributed by atoms with Crippen LogP contribution in [0, 0.1) is 0 Å². The van der Waals surface area contributed by atoms with E-state index in [-0.39, 0.29) is 5.91 Å². The molecule has 0 aromatic carbocycles. The number of hydrogen-bond acceptors (Lipinski definition) is 5. The van der Waals surface area contributed by atoms with E-state index >= 15 is 0 Å². The highest BCUT2D eigenvalue weighted by Crippen LogP contribution is 2.40. The fourth-order valence-electron chi connectivity index (χ4n) is 4.32. The molecule has 1 saturated heterocycles. The summed E-state index contributed by atoms with van der Waals surface area (Å²) < 4.78 is 8.66. The number of nitrogens with zero attached hydrogens (tertiary/aromatic N) is 4. The molecule has 2 aliphatic heterocycles. The number of fused-ring (bicyclic) bond motifs is 2. The lowest BCUT2D eigenvalue weighted by Gasteiger charge is -2.46. The molecule has 2 aliphatic rings. The van der Waals surface area contributed by atoms with Gasteiger partial charge in [-0.2, -0.15) is 11.3 Å². The normalized spacial score (nSPS) is 21.9. The van der Waals surface area contributed by atoms with Crippen molar-refractivity contribution < 1.29 is 9.53 Å². The zero-order chi connectivity index (χ0) is 18.9. The van der Waals surface area contributed by atoms with Crippen LogP contribution < -0.4 is 0 Å². The molecular weight excluding hydrogens is 360 g/mol. The van der Waals surface area contributed by atoms with Crippen LogP contribution in [0.2, 0.25) is 0 Å². The minimum atomic E-state index is -0.444. The monoisotopic (exact) mass is 388 g/mol. The standard InChI is InChI=1S/C20H28N4O2S/c1-3-23(4-2)18(25)17-14-24-11-8-21-19(24)20(26-17)6-9-22(10-7-20)13-16-5-12-27-15-16/h5,8,11-12,15,17H,3-4,6-7,9-10,13-14H2,1-2H3. The van der Waals surface area contributed by atoms with Gasteiger partial charge in [0.1, 0.15) is 11.4 Å². The Hall–Kier alpha value is -1.70. The molecule has 0 N–H and O–H groups in total. The number of piperidine rings is 1. The quantitative estimate of drug-likeness (QED) is 0.790. The molecule has 0 saturated carbocycles. The Morgan fingerprint density at radius 1 is 1.37 bits per heavy atom. The van der Waals surface area contributed by atoms with Gasteiger partial charge in [0.05, 0.1) is 6.54 Å². The van der Waals surface area contributed by atoms with Gasteiger partial charge in [-0.05, 0) is 49.1 Å². The molecule has 0 aliphatic carbocycles. The van der Waals surface area contributed by atoms with Crippen molar-refractivity contribution in [2.75, 3.05) is 26.2 Å². The van der Waals surface area contributed by atoms with Crippen LogP contribution in [-0.2, 0) is 28.2 Å². The number of aromatic nitrogens is 2. The molecule has 1 amide bonds. The molecule has 4 rings (SSSR count). The number of amides is 1. The number of hydrogen-bond donors (Lipinski definition) is 0. The maximum absolute atomic E-state index is 13.0. The van der Waals surface area contributed by atoms with Crippen molar-refractivity contribution in [1.82, 2.24) is 19.4 Å². The average Bonchev–Trinajstić information content (AvgIpc) is 3.36. The molecule has 2 aromatic rings. The number of carbonyl (C=O) groups excluding carboxylic acids is 1. The van der Waals surface area contributed by atoms with Gasteiger partial charge in [-0.1, -0.05) is 0 Å². The Bertz CT molecular complexity index is 761. The maximum Gasteiger partial charge on any atom is 0.253 e. The molecule has 2 aromatic heterocycles. The van der Waals surface area contributed by atoms with E-state index < -0.39 is 11.7 Å². The van der Waals surface area contributed by atoms with Crippen molar-refractivity contribution in [3.05, 3.63) is 40.6 Å². The first-order valence-electron chi connectivity index (χ1n) is 9.87. The lowest BCUT2D eigenvalue weighted by Crippen LogP contribution is -2.54. The lowest BCUT2D eigenvalue weighted by atomic mass is 9.88. The largest absolute Gasteiger partial charge is 0.352 e. The summed E-state index contributed by atoms with van der Waals surface area (Å²) in [5.41, 5.74) is 0.928. The number of thiophene rings is 1. The second-order valence-electron chi connectivity index (χ2n) is 7.42. The number of ether oxygens (including phenoxy) is 1. The zero-order valence-corrected chi connectivity index (χ0v) is 17.0. The summed E-state index contributed by atoms with van der Waals surface area (Å²) in [6.07, 6.45) is 5.14. The van der Waals surface area contributed by atoms with Gasteiger partial charge in [0, 0.05) is 45.1 Å². The summed E-state index contributed by atoms with van der Waals surface area (Å²) in [5.74, 6) is 1.08. The number of carbonyl (C=O) groups is 1. The molecule has 1 unspecified atom stereocenters. The van der Waals surface area contributed by atoms with Gasteiger partial charge in [0.15, 0.2) is 6.10 Å². The van der Waals surface area contributed by atoms with E-state index in [1.807, 2.05) is 31.1 Å². The van der Waals surface area contributed by atoms with Crippen LogP contribution in [0.4, 0.5) is 0 Å².